The molecule has 3 N–H and O–H groups in total. The van der Waals surface area contributed by atoms with Gasteiger partial charge in [0.2, 0.25) is 0 Å². The number of alkyl carbamates (subject to hydrolysis) is 1. The van der Waals surface area contributed by atoms with E-state index in [1.165, 1.54) is 10.9 Å². The van der Waals surface area contributed by atoms with Crippen molar-refractivity contribution in [1.82, 2.24) is 15.6 Å². The second-order valence-corrected chi connectivity index (χ2v) is 6.83. The van der Waals surface area contributed by atoms with Gasteiger partial charge in [-0.15, -0.1) is 0 Å². The smallest absolute Gasteiger partial charge is 0.408 e. The first-order valence-corrected chi connectivity index (χ1v) is 8.44. The summed E-state index contributed by atoms with van der Waals surface area (Å²) in [7, 11) is 0. The Labute approximate surface area is 135 Å². The molecule has 0 saturated carbocycles. The highest BCUT2D eigenvalue weighted by Gasteiger charge is 2.49. The highest BCUT2D eigenvalue weighted by Crippen LogP contribution is 2.38. The third-order valence-electron chi connectivity index (χ3n) is 5.41. The molecule has 2 aromatic rings. The molecule has 1 amide bonds. The molecule has 0 radical (unpaired) electrons. The number of carbonyl (C=O) groups excluding carboxylic acids is 1. The van der Waals surface area contributed by atoms with E-state index in [0.29, 0.717) is 5.92 Å². The molecule has 0 bridgehead atoms. The number of ether oxygens (including phenoxy) is 1. The summed E-state index contributed by atoms with van der Waals surface area (Å²) in [6.07, 6.45) is 4.51. The summed E-state index contributed by atoms with van der Waals surface area (Å²) in [5, 5.41) is 7.68. The van der Waals surface area contributed by atoms with Crippen molar-refractivity contribution in [2.24, 2.45) is 0 Å². The third-order valence-corrected chi connectivity index (χ3v) is 5.41. The number of aromatic amines is 1. The minimum absolute atomic E-state index is 0.0840. The van der Waals surface area contributed by atoms with Crippen LogP contribution in [0.5, 0.6) is 0 Å². The molecule has 122 valence electrons. The van der Waals surface area contributed by atoms with Crippen LogP contribution in [0.4, 0.5) is 4.79 Å². The number of para-hydroxylation sites is 1. The molecular weight excluding hydrogens is 290 g/mol. The van der Waals surface area contributed by atoms with Gasteiger partial charge in [0.1, 0.15) is 5.60 Å². The number of amides is 1. The van der Waals surface area contributed by atoms with E-state index in [0.717, 1.165) is 37.9 Å². The number of H-pyrrole nitrogens is 1. The van der Waals surface area contributed by atoms with Gasteiger partial charge >= 0.3 is 6.09 Å². The molecule has 2 saturated heterocycles. The lowest BCUT2D eigenvalue weighted by atomic mass is 9.80. The van der Waals surface area contributed by atoms with Crippen LogP contribution >= 0.6 is 0 Å². The summed E-state index contributed by atoms with van der Waals surface area (Å²) in [6.45, 7) is 4.05. The topological polar surface area (TPSA) is 66.2 Å². The van der Waals surface area contributed by atoms with Crippen LogP contribution in [0.2, 0.25) is 0 Å². The normalized spacial score (nSPS) is 24.6. The zero-order valence-corrected chi connectivity index (χ0v) is 13.4. The highest BCUT2D eigenvalue weighted by molar-refractivity contribution is 5.83. The van der Waals surface area contributed by atoms with Gasteiger partial charge in [-0.2, -0.15) is 0 Å². The van der Waals surface area contributed by atoms with Gasteiger partial charge < -0.3 is 20.4 Å². The van der Waals surface area contributed by atoms with E-state index in [1.807, 2.05) is 6.07 Å². The van der Waals surface area contributed by atoms with Gasteiger partial charge in [0, 0.05) is 29.9 Å². The van der Waals surface area contributed by atoms with Gasteiger partial charge in [-0.1, -0.05) is 25.1 Å². The molecule has 1 aromatic carbocycles. The molecule has 1 spiro atoms. The van der Waals surface area contributed by atoms with E-state index in [9.17, 15) is 4.79 Å². The van der Waals surface area contributed by atoms with Crippen molar-refractivity contribution in [3.63, 3.8) is 0 Å². The van der Waals surface area contributed by atoms with E-state index < -0.39 is 0 Å². The first-order valence-electron chi connectivity index (χ1n) is 8.44. The maximum Gasteiger partial charge on any atom is 0.408 e. The fourth-order valence-electron chi connectivity index (χ4n) is 4.12. The summed E-state index contributed by atoms with van der Waals surface area (Å²) in [4.78, 5) is 15.2. The van der Waals surface area contributed by atoms with E-state index in [1.54, 1.807) is 0 Å². The Morgan fingerprint density at radius 3 is 2.91 bits per heavy atom. The van der Waals surface area contributed by atoms with E-state index in [4.69, 9.17) is 4.74 Å². The molecule has 2 unspecified atom stereocenters. The number of fused-ring (bicyclic) bond motifs is 1. The molecule has 0 aliphatic carbocycles. The summed E-state index contributed by atoms with van der Waals surface area (Å²) >= 11 is 0. The van der Waals surface area contributed by atoms with Crippen LogP contribution in [0.15, 0.2) is 30.5 Å². The number of rotatable bonds is 3. The van der Waals surface area contributed by atoms with Crippen molar-refractivity contribution >= 4 is 17.0 Å². The fraction of sp³-hybridized carbons (Fsp3) is 0.500. The van der Waals surface area contributed by atoms with Gasteiger partial charge in [0.15, 0.2) is 0 Å². The predicted molar refractivity (Wildman–Crippen MR) is 89.6 cm³/mol. The zero-order valence-electron chi connectivity index (χ0n) is 13.4. The van der Waals surface area contributed by atoms with Gasteiger partial charge in [-0.05, 0) is 37.1 Å². The number of benzene rings is 1. The van der Waals surface area contributed by atoms with Gasteiger partial charge in [0.05, 0.1) is 6.04 Å². The third kappa shape index (κ3) is 2.49. The highest BCUT2D eigenvalue weighted by atomic mass is 16.6. The molecule has 2 fully saturated rings. The summed E-state index contributed by atoms with van der Waals surface area (Å²) in [6, 6.07) is 8.45. The molecule has 2 atom stereocenters. The number of piperidine rings is 1. The predicted octanol–water partition coefficient (Wildman–Crippen LogP) is 2.89. The second-order valence-electron chi connectivity index (χ2n) is 6.83. The first kappa shape index (κ1) is 14.6. The van der Waals surface area contributed by atoms with E-state index in [2.05, 4.69) is 46.9 Å². The molecule has 2 aliphatic rings. The number of carbonyl (C=O) groups is 1. The summed E-state index contributed by atoms with van der Waals surface area (Å²) in [5.74, 6) is 0.352. The fourth-order valence-corrected chi connectivity index (χ4v) is 4.12. The lowest BCUT2D eigenvalue weighted by Crippen LogP contribution is -2.51. The molecule has 5 heteroatoms. The Hall–Kier alpha value is -2.01. The summed E-state index contributed by atoms with van der Waals surface area (Å²) in [5.41, 5.74) is 2.14. The van der Waals surface area contributed by atoms with Crippen LogP contribution in [0.25, 0.3) is 10.9 Å². The minimum atomic E-state index is -0.331. The molecule has 2 aliphatic heterocycles. The lowest BCUT2D eigenvalue weighted by Gasteiger charge is -2.37. The standard InChI is InChI=1S/C18H23N3O2/c1-12(14-11-20-15-5-3-2-4-13(14)15)10-16-18(23-17(22)21-16)6-8-19-9-7-18/h2-5,11-12,16,19-20H,6-10H2,1H3,(H,21,22). The Bertz CT molecular complexity index is 718. The van der Waals surface area contributed by atoms with Crippen LogP contribution in [0.3, 0.4) is 0 Å². The van der Waals surface area contributed by atoms with E-state index in [-0.39, 0.29) is 17.7 Å². The average Bonchev–Trinajstić information content (AvgIpc) is 3.10. The van der Waals surface area contributed by atoms with Crippen LogP contribution in [-0.2, 0) is 4.74 Å². The van der Waals surface area contributed by atoms with Crippen molar-refractivity contribution in [1.29, 1.82) is 0 Å². The van der Waals surface area contributed by atoms with Crippen molar-refractivity contribution in [3.8, 4) is 0 Å². The molecular formula is C18H23N3O2. The molecule has 23 heavy (non-hydrogen) atoms. The quantitative estimate of drug-likeness (QED) is 0.816. The maximum atomic E-state index is 11.8. The van der Waals surface area contributed by atoms with Gasteiger partial charge in [0.25, 0.3) is 0 Å². The van der Waals surface area contributed by atoms with Crippen molar-refractivity contribution in [2.75, 3.05) is 13.1 Å². The molecule has 3 heterocycles. The van der Waals surface area contributed by atoms with Crippen molar-refractivity contribution in [2.45, 2.75) is 43.7 Å². The monoisotopic (exact) mass is 313 g/mol. The van der Waals surface area contributed by atoms with E-state index >= 15 is 0 Å². The number of nitrogens with one attached hydrogen (secondary N) is 3. The molecule has 5 nitrogen and oxygen atoms in total. The van der Waals surface area contributed by atoms with Gasteiger partial charge in [-0.25, -0.2) is 4.79 Å². The Balaban J connectivity index is 1.57. The zero-order chi connectivity index (χ0) is 15.9. The Morgan fingerprint density at radius 1 is 1.30 bits per heavy atom. The number of hydrogen-bond donors (Lipinski definition) is 3. The average molecular weight is 313 g/mol. The Kier molecular flexibility index (Phi) is 3.53. The number of aromatic nitrogens is 1. The van der Waals surface area contributed by atoms with Crippen molar-refractivity contribution in [3.05, 3.63) is 36.0 Å². The molecule has 4 rings (SSSR count). The Morgan fingerprint density at radius 2 is 2.09 bits per heavy atom. The molecule has 1 aromatic heterocycles. The number of hydrogen-bond acceptors (Lipinski definition) is 3. The van der Waals surface area contributed by atoms with Crippen LogP contribution in [0, 0.1) is 0 Å². The van der Waals surface area contributed by atoms with Crippen molar-refractivity contribution < 1.29 is 9.53 Å². The first-order chi connectivity index (χ1) is 11.2. The maximum absolute atomic E-state index is 11.8. The minimum Gasteiger partial charge on any atom is -0.441 e. The van der Waals surface area contributed by atoms with Crippen LogP contribution in [0.1, 0.15) is 37.7 Å². The van der Waals surface area contributed by atoms with Crippen LogP contribution < -0.4 is 10.6 Å². The van der Waals surface area contributed by atoms with Gasteiger partial charge in [-0.3, -0.25) is 0 Å². The summed E-state index contributed by atoms with van der Waals surface area (Å²) < 4.78 is 5.71. The largest absolute Gasteiger partial charge is 0.441 e. The SMILES string of the molecule is CC(CC1NC(=O)OC12CCNCC2)c1c[nH]c2ccccc12. The van der Waals surface area contributed by atoms with Crippen LogP contribution in [-0.4, -0.2) is 35.8 Å². The second kappa shape index (κ2) is 5.57. The lowest BCUT2D eigenvalue weighted by molar-refractivity contribution is 0.00745.